The molecular weight excluding hydrogens is 228 g/mol. The maximum atomic E-state index is 11.6. The van der Waals surface area contributed by atoms with Gasteiger partial charge in [0.05, 0.1) is 6.61 Å². The Labute approximate surface area is 109 Å². The maximum absolute atomic E-state index is 11.6. The quantitative estimate of drug-likeness (QED) is 0.696. The molecule has 0 aromatic rings. The third kappa shape index (κ3) is 2.82. The van der Waals surface area contributed by atoms with Crippen LogP contribution in [0.3, 0.4) is 0 Å². The molecule has 0 saturated heterocycles. The second-order valence-corrected chi connectivity index (χ2v) is 5.79. The van der Waals surface area contributed by atoms with Gasteiger partial charge >= 0.3 is 0 Å². The summed E-state index contributed by atoms with van der Waals surface area (Å²) < 4.78 is 0. The lowest BCUT2D eigenvalue weighted by Gasteiger charge is -2.46. The minimum absolute atomic E-state index is 0.0592. The number of ketones is 1. The molecule has 100 valence electrons. The molecule has 0 heterocycles. The summed E-state index contributed by atoms with van der Waals surface area (Å²) in [4.78, 5) is 11.6. The minimum atomic E-state index is -1.16. The summed E-state index contributed by atoms with van der Waals surface area (Å²) in [5.41, 5.74) is -0.981. The van der Waals surface area contributed by atoms with Crippen molar-refractivity contribution in [2.24, 2.45) is 11.3 Å². The van der Waals surface area contributed by atoms with Gasteiger partial charge in [0.2, 0.25) is 0 Å². The highest BCUT2D eigenvalue weighted by atomic mass is 16.3. The number of carbonyl (C=O) groups is 1. The standard InChI is InChI=1S/C15H22O3/c1-11(6-8-16)5-7-15(18)12(2)9-13(17)10-14(15,3)4/h6,12,16,18H,8-10H2,1-4H3/b11-6-/t12-,15+/m0/s1. The van der Waals surface area contributed by atoms with Crippen molar-refractivity contribution in [1.29, 1.82) is 0 Å². The highest BCUT2D eigenvalue weighted by Gasteiger charge is 2.51. The fraction of sp³-hybridized carbons (Fsp3) is 0.667. The van der Waals surface area contributed by atoms with E-state index in [4.69, 9.17) is 5.11 Å². The number of rotatable bonds is 1. The molecule has 2 N–H and O–H groups in total. The maximum Gasteiger partial charge on any atom is 0.134 e. The monoisotopic (exact) mass is 250 g/mol. The van der Waals surface area contributed by atoms with Crippen LogP contribution in [-0.2, 0) is 4.79 Å². The topological polar surface area (TPSA) is 57.5 Å². The van der Waals surface area contributed by atoms with Gasteiger partial charge in [0, 0.05) is 24.2 Å². The number of hydrogen-bond acceptors (Lipinski definition) is 3. The van der Waals surface area contributed by atoms with Crippen molar-refractivity contribution in [3.05, 3.63) is 11.6 Å². The zero-order valence-corrected chi connectivity index (χ0v) is 11.6. The molecule has 0 spiro atoms. The van der Waals surface area contributed by atoms with Crippen LogP contribution in [-0.4, -0.2) is 28.2 Å². The van der Waals surface area contributed by atoms with E-state index in [0.29, 0.717) is 12.8 Å². The van der Waals surface area contributed by atoms with Gasteiger partial charge in [-0.2, -0.15) is 0 Å². The Morgan fingerprint density at radius 1 is 1.56 bits per heavy atom. The van der Waals surface area contributed by atoms with Gasteiger partial charge in [-0.3, -0.25) is 4.79 Å². The average molecular weight is 250 g/mol. The molecule has 1 rings (SSSR count). The van der Waals surface area contributed by atoms with Crippen LogP contribution in [0, 0.1) is 23.2 Å². The number of aliphatic hydroxyl groups is 2. The van der Waals surface area contributed by atoms with Gasteiger partial charge < -0.3 is 10.2 Å². The number of hydrogen-bond donors (Lipinski definition) is 2. The molecule has 18 heavy (non-hydrogen) atoms. The molecule has 0 amide bonds. The van der Waals surface area contributed by atoms with Crippen LogP contribution in [0.25, 0.3) is 0 Å². The van der Waals surface area contributed by atoms with Gasteiger partial charge in [-0.1, -0.05) is 32.6 Å². The van der Waals surface area contributed by atoms with E-state index in [1.54, 1.807) is 13.0 Å². The van der Waals surface area contributed by atoms with Crippen LogP contribution < -0.4 is 0 Å². The molecule has 0 unspecified atom stereocenters. The molecule has 0 aliphatic heterocycles. The summed E-state index contributed by atoms with van der Waals surface area (Å²) in [5, 5.41) is 19.6. The highest BCUT2D eigenvalue weighted by Crippen LogP contribution is 2.45. The first-order valence-electron chi connectivity index (χ1n) is 6.28. The first kappa shape index (κ1) is 14.9. The van der Waals surface area contributed by atoms with Gasteiger partial charge in [0.15, 0.2) is 0 Å². The zero-order valence-electron chi connectivity index (χ0n) is 11.6. The minimum Gasteiger partial charge on any atom is -0.392 e. The van der Waals surface area contributed by atoms with E-state index in [0.717, 1.165) is 5.57 Å². The third-order valence-electron chi connectivity index (χ3n) is 3.77. The van der Waals surface area contributed by atoms with Crippen molar-refractivity contribution in [2.45, 2.75) is 46.1 Å². The Balaban J connectivity index is 3.09. The fourth-order valence-corrected chi connectivity index (χ4v) is 2.53. The first-order chi connectivity index (χ1) is 8.23. The smallest absolute Gasteiger partial charge is 0.134 e. The lowest BCUT2D eigenvalue weighted by Crippen LogP contribution is -2.53. The number of carbonyl (C=O) groups excluding carboxylic acids is 1. The van der Waals surface area contributed by atoms with Crippen LogP contribution in [0.4, 0.5) is 0 Å². The van der Waals surface area contributed by atoms with E-state index in [9.17, 15) is 9.90 Å². The summed E-state index contributed by atoms with van der Waals surface area (Å²) in [6.07, 6.45) is 2.32. The normalized spacial score (nSPS) is 31.8. The predicted octanol–water partition coefficient (Wildman–Crippen LogP) is 1.68. The predicted molar refractivity (Wildman–Crippen MR) is 70.8 cm³/mol. The number of Topliss-reactive ketones (excluding diaryl/α,β-unsaturated/α-hetero) is 1. The molecule has 3 heteroatoms. The Hall–Kier alpha value is -1.11. The number of allylic oxidation sites excluding steroid dienone is 1. The zero-order chi connectivity index (χ0) is 14.0. The summed E-state index contributed by atoms with van der Waals surface area (Å²) in [5.74, 6) is 5.81. The van der Waals surface area contributed by atoms with E-state index < -0.39 is 11.0 Å². The lowest BCUT2D eigenvalue weighted by molar-refractivity contribution is -0.140. The van der Waals surface area contributed by atoms with Crippen molar-refractivity contribution in [2.75, 3.05) is 6.61 Å². The van der Waals surface area contributed by atoms with Gasteiger partial charge in [-0.15, -0.1) is 0 Å². The molecule has 0 radical (unpaired) electrons. The molecule has 2 atom stereocenters. The van der Waals surface area contributed by atoms with Gasteiger partial charge in [-0.05, 0) is 18.6 Å². The summed E-state index contributed by atoms with van der Waals surface area (Å²) in [7, 11) is 0. The van der Waals surface area contributed by atoms with Crippen molar-refractivity contribution in [1.82, 2.24) is 0 Å². The van der Waals surface area contributed by atoms with E-state index in [2.05, 4.69) is 11.8 Å². The van der Waals surface area contributed by atoms with Crippen LogP contribution in [0.1, 0.15) is 40.5 Å². The van der Waals surface area contributed by atoms with Crippen LogP contribution in [0.5, 0.6) is 0 Å². The molecule has 1 aliphatic rings. The van der Waals surface area contributed by atoms with Crippen LogP contribution in [0.2, 0.25) is 0 Å². The first-order valence-corrected chi connectivity index (χ1v) is 6.28. The Morgan fingerprint density at radius 2 is 2.17 bits per heavy atom. The average Bonchev–Trinajstić information content (AvgIpc) is 2.23. The van der Waals surface area contributed by atoms with Gasteiger partial charge in [0.1, 0.15) is 11.4 Å². The second kappa shape index (κ2) is 5.26. The Bertz CT molecular complexity index is 423. The molecule has 0 bridgehead atoms. The summed E-state index contributed by atoms with van der Waals surface area (Å²) >= 11 is 0. The van der Waals surface area contributed by atoms with Crippen molar-refractivity contribution in [3.8, 4) is 11.8 Å². The van der Waals surface area contributed by atoms with Gasteiger partial charge in [0.25, 0.3) is 0 Å². The second-order valence-electron chi connectivity index (χ2n) is 5.79. The molecular formula is C15H22O3. The highest BCUT2D eigenvalue weighted by molar-refractivity contribution is 5.81. The van der Waals surface area contributed by atoms with E-state index in [1.807, 2.05) is 20.8 Å². The van der Waals surface area contributed by atoms with Crippen molar-refractivity contribution < 1.29 is 15.0 Å². The van der Waals surface area contributed by atoms with Crippen molar-refractivity contribution in [3.63, 3.8) is 0 Å². The SMILES string of the molecule is C/C(C#C[C@@]1(O)[C@@H](C)CC(=O)CC1(C)C)=C/CO. The van der Waals surface area contributed by atoms with Crippen LogP contribution >= 0.6 is 0 Å². The van der Waals surface area contributed by atoms with E-state index in [-0.39, 0.29) is 18.3 Å². The molecule has 1 aliphatic carbocycles. The van der Waals surface area contributed by atoms with Crippen molar-refractivity contribution >= 4 is 5.78 Å². The Kier molecular flexibility index (Phi) is 4.37. The number of aliphatic hydroxyl groups excluding tert-OH is 1. The van der Waals surface area contributed by atoms with E-state index >= 15 is 0 Å². The van der Waals surface area contributed by atoms with Crippen LogP contribution in [0.15, 0.2) is 11.6 Å². The summed E-state index contributed by atoms with van der Waals surface area (Å²) in [6, 6.07) is 0. The Morgan fingerprint density at radius 3 is 2.67 bits per heavy atom. The van der Waals surface area contributed by atoms with E-state index in [1.165, 1.54) is 0 Å². The van der Waals surface area contributed by atoms with Gasteiger partial charge in [-0.25, -0.2) is 0 Å². The summed E-state index contributed by atoms with van der Waals surface area (Å²) in [6.45, 7) is 7.34. The molecule has 1 fully saturated rings. The lowest BCUT2D eigenvalue weighted by atomic mass is 9.60. The molecule has 0 aromatic carbocycles. The fourth-order valence-electron chi connectivity index (χ4n) is 2.53. The molecule has 0 aromatic heterocycles. The largest absolute Gasteiger partial charge is 0.392 e. The molecule has 3 nitrogen and oxygen atoms in total. The third-order valence-corrected chi connectivity index (χ3v) is 3.77. The molecule has 1 saturated carbocycles.